The molecule has 5 nitrogen and oxygen atoms in total. The van der Waals surface area contributed by atoms with E-state index in [1.165, 1.54) is 25.7 Å². The van der Waals surface area contributed by atoms with Crippen molar-refractivity contribution < 1.29 is 0 Å². The second kappa shape index (κ2) is 12.9. The molecule has 4 rings (SSSR count). The second-order valence-corrected chi connectivity index (χ2v) is 9.64. The van der Waals surface area contributed by atoms with Gasteiger partial charge in [-0.15, -0.1) is 5.11 Å². The van der Waals surface area contributed by atoms with Crippen LogP contribution in [0.4, 0.5) is 28.4 Å². The van der Waals surface area contributed by atoms with E-state index < -0.39 is 0 Å². The van der Waals surface area contributed by atoms with Gasteiger partial charge in [0.1, 0.15) is 5.69 Å². The lowest BCUT2D eigenvalue weighted by molar-refractivity contribution is 0.473. The normalized spacial score (nSPS) is 12.5. The van der Waals surface area contributed by atoms with Crippen molar-refractivity contribution in [2.45, 2.75) is 53.4 Å². The molecule has 1 N–H and O–H groups in total. The zero-order valence-corrected chi connectivity index (χ0v) is 22.4. The van der Waals surface area contributed by atoms with Gasteiger partial charge in [-0.3, -0.25) is 0 Å². The van der Waals surface area contributed by atoms with Crippen LogP contribution < -0.4 is 5.32 Å². The van der Waals surface area contributed by atoms with E-state index in [1.54, 1.807) is 0 Å². The van der Waals surface area contributed by atoms with E-state index in [9.17, 15) is 0 Å². The molecule has 0 spiro atoms. The first-order valence-electron chi connectivity index (χ1n) is 13.3. The molecule has 190 valence electrons. The Kier molecular flexibility index (Phi) is 9.14. The van der Waals surface area contributed by atoms with Gasteiger partial charge in [0, 0.05) is 11.9 Å². The van der Waals surface area contributed by atoms with Gasteiger partial charge in [0.15, 0.2) is 0 Å². The predicted octanol–water partition coefficient (Wildman–Crippen LogP) is 10.9. The molecule has 0 aliphatic heterocycles. The third-order valence-corrected chi connectivity index (χ3v) is 6.85. The minimum absolute atomic E-state index is 0.653. The Hall–Kier alpha value is -3.86. The number of fused-ring (bicyclic) bond motifs is 1. The Morgan fingerprint density at radius 2 is 1.49 bits per heavy atom. The molecule has 1 atom stereocenters. The monoisotopic (exact) mass is 491 g/mol. The molecule has 0 aliphatic rings. The summed E-state index contributed by atoms with van der Waals surface area (Å²) in [5.41, 5.74) is 6.51. The zero-order chi connectivity index (χ0) is 26.0. The number of rotatable bonds is 11. The molecular weight excluding hydrogens is 454 g/mol. The molecule has 0 saturated heterocycles. The summed E-state index contributed by atoms with van der Waals surface area (Å²) >= 11 is 0. The van der Waals surface area contributed by atoms with Gasteiger partial charge in [-0.05, 0) is 73.0 Å². The number of unbranched alkanes of at least 4 members (excludes halogenated alkanes) is 1. The third kappa shape index (κ3) is 6.88. The Labute approximate surface area is 220 Å². The van der Waals surface area contributed by atoms with E-state index in [-0.39, 0.29) is 0 Å². The van der Waals surface area contributed by atoms with Gasteiger partial charge < -0.3 is 5.32 Å². The predicted molar refractivity (Wildman–Crippen MR) is 156 cm³/mol. The van der Waals surface area contributed by atoms with Gasteiger partial charge in [-0.1, -0.05) is 81.6 Å². The molecule has 4 aromatic carbocycles. The first-order chi connectivity index (χ1) is 18.1. The lowest BCUT2D eigenvalue weighted by Crippen LogP contribution is -2.13. The van der Waals surface area contributed by atoms with Gasteiger partial charge in [-0.2, -0.15) is 15.3 Å². The minimum Gasteiger partial charge on any atom is -0.383 e. The molecule has 0 saturated carbocycles. The number of aryl methyl sites for hydroxylation is 2. The van der Waals surface area contributed by atoms with Crippen molar-refractivity contribution in [3.05, 3.63) is 90.0 Å². The first-order valence-corrected chi connectivity index (χ1v) is 13.3. The molecule has 0 aliphatic carbocycles. The van der Waals surface area contributed by atoms with Crippen LogP contribution in [-0.4, -0.2) is 6.54 Å². The molecule has 0 unspecified atom stereocenters. The molecule has 37 heavy (non-hydrogen) atoms. The van der Waals surface area contributed by atoms with Crippen molar-refractivity contribution in [1.82, 2.24) is 0 Å². The van der Waals surface area contributed by atoms with Crippen LogP contribution in [-0.2, 0) is 0 Å². The van der Waals surface area contributed by atoms with Crippen molar-refractivity contribution >= 4 is 39.2 Å². The maximum Gasteiger partial charge on any atom is 0.117 e. The highest BCUT2D eigenvalue weighted by Gasteiger charge is 2.11. The van der Waals surface area contributed by atoms with Gasteiger partial charge in [-0.25, -0.2) is 0 Å². The largest absolute Gasteiger partial charge is 0.383 e. The van der Waals surface area contributed by atoms with E-state index in [1.807, 2.05) is 56.3 Å². The van der Waals surface area contributed by atoms with Gasteiger partial charge in [0.05, 0.1) is 22.7 Å². The van der Waals surface area contributed by atoms with E-state index in [0.717, 1.165) is 56.9 Å². The van der Waals surface area contributed by atoms with Crippen LogP contribution in [0.25, 0.3) is 10.8 Å². The number of hydrogen-bond acceptors (Lipinski definition) is 5. The van der Waals surface area contributed by atoms with Crippen LogP contribution in [0, 0.1) is 19.8 Å². The first kappa shape index (κ1) is 26.2. The zero-order valence-electron chi connectivity index (χ0n) is 22.4. The van der Waals surface area contributed by atoms with Crippen LogP contribution in [0.15, 0.2) is 99.3 Å². The number of azo groups is 2. The van der Waals surface area contributed by atoms with Crippen LogP contribution >= 0.6 is 0 Å². The summed E-state index contributed by atoms with van der Waals surface area (Å²) in [6.45, 7) is 9.53. The fraction of sp³-hybridized carbons (Fsp3) is 0.312. The fourth-order valence-corrected chi connectivity index (χ4v) is 4.41. The molecular formula is C32H37N5. The Morgan fingerprint density at radius 3 is 2.27 bits per heavy atom. The number of anilines is 1. The molecule has 4 aromatic rings. The van der Waals surface area contributed by atoms with E-state index in [4.69, 9.17) is 5.11 Å². The van der Waals surface area contributed by atoms with Gasteiger partial charge >= 0.3 is 0 Å². The van der Waals surface area contributed by atoms with Crippen molar-refractivity contribution in [1.29, 1.82) is 0 Å². The van der Waals surface area contributed by atoms with Crippen LogP contribution in [0.5, 0.6) is 0 Å². The topological polar surface area (TPSA) is 61.5 Å². The summed E-state index contributed by atoms with van der Waals surface area (Å²) < 4.78 is 0. The Bertz CT molecular complexity index is 1390. The highest BCUT2D eigenvalue weighted by atomic mass is 15.1. The van der Waals surface area contributed by atoms with Gasteiger partial charge in [0.25, 0.3) is 0 Å². The summed E-state index contributed by atoms with van der Waals surface area (Å²) in [6, 6.07) is 26.5. The smallest absolute Gasteiger partial charge is 0.117 e. The SMILES string of the molecule is CCCC[C@@H](CC)CNc1ccc2ccccc2c1N=Nc1ccc(N=Nc2ccccc2C)cc1C. The lowest BCUT2D eigenvalue weighted by Gasteiger charge is -2.18. The number of nitrogens with zero attached hydrogens (tertiary/aromatic N) is 4. The van der Waals surface area contributed by atoms with Crippen LogP contribution in [0.1, 0.15) is 50.7 Å². The van der Waals surface area contributed by atoms with E-state index >= 15 is 0 Å². The number of benzene rings is 4. The molecule has 0 aromatic heterocycles. The van der Waals surface area contributed by atoms with Crippen molar-refractivity contribution in [3.63, 3.8) is 0 Å². The summed E-state index contributed by atoms with van der Waals surface area (Å²) in [4.78, 5) is 0. The summed E-state index contributed by atoms with van der Waals surface area (Å²) in [6.07, 6.45) is 4.92. The van der Waals surface area contributed by atoms with Crippen molar-refractivity contribution in [2.75, 3.05) is 11.9 Å². The molecule has 0 fully saturated rings. The Balaban J connectivity index is 1.58. The highest BCUT2D eigenvalue weighted by molar-refractivity contribution is 5.98. The van der Waals surface area contributed by atoms with E-state index in [2.05, 4.69) is 70.9 Å². The summed E-state index contributed by atoms with van der Waals surface area (Å²) in [5.74, 6) is 0.653. The molecule has 0 heterocycles. The lowest BCUT2D eigenvalue weighted by atomic mass is 9.99. The second-order valence-electron chi connectivity index (χ2n) is 9.64. The average molecular weight is 492 g/mol. The summed E-state index contributed by atoms with van der Waals surface area (Å²) in [5, 5.41) is 24.2. The van der Waals surface area contributed by atoms with Crippen molar-refractivity contribution in [3.8, 4) is 0 Å². The van der Waals surface area contributed by atoms with Gasteiger partial charge in [0.2, 0.25) is 0 Å². The molecule has 0 amide bonds. The fourth-order valence-electron chi connectivity index (χ4n) is 4.41. The summed E-state index contributed by atoms with van der Waals surface area (Å²) in [7, 11) is 0. The van der Waals surface area contributed by atoms with E-state index in [0.29, 0.717) is 5.92 Å². The van der Waals surface area contributed by atoms with Crippen molar-refractivity contribution in [2.24, 2.45) is 26.4 Å². The standard InChI is InChI=1S/C32H37N5/c1-5-7-13-25(6-2)22-33-31-19-17-26-14-9-10-15-28(26)32(31)37-36-30-20-18-27(21-24(30)4)34-35-29-16-11-8-12-23(29)3/h8-12,14-21,25,33H,5-7,13,22H2,1-4H3/t25-/m1/s1. The maximum absolute atomic E-state index is 4.77. The quantitative estimate of drug-likeness (QED) is 0.208. The number of nitrogens with one attached hydrogen (secondary N) is 1. The minimum atomic E-state index is 0.653. The third-order valence-electron chi connectivity index (χ3n) is 6.85. The molecule has 5 heteroatoms. The average Bonchev–Trinajstić information content (AvgIpc) is 2.92. The van der Waals surface area contributed by atoms with Crippen LogP contribution in [0.3, 0.4) is 0 Å². The number of hydrogen-bond donors (Lipinski definition) is 1. The highest BCUT2D eigenvalue weighted by Crippen LogP contribution is 2.36. The van der Waals surface area contributed by atoms with Crippen LogP contribution in [0.2, 0.25) is 0 Å². The molecule has 0 bridgehead atoms. The molecule has 0 radical (unpaired) electrons. The Morgan fingerprint density at radius 1 is 0.730 bits per heavy atom. The maximum atomic E-state index is 4.77.